The molecule has 0 radical (unpaired) electrons. The Balaban J connectivity index is 2.19. The molecule has 2 heteroatoms. The van der Waals surface area contributed by atoms with Crippen molar-refractivity contribution in [2.75, 3.05) is 0 Å². The predicted octanol–water partition coefficient (Wildman–Crippen LogP) is 6.03. The largest absolute Gasteiger partial charge is 0.0616 e. The molecule has 0 heterocycles. The topological polar surface area (TPSA) is 0 Å². The van der Waals surface area contributed by atoms with Gasteiger partial charge in [0.25, 0.3) is 0 Å². The normalized spacial score (nSPS) is 10.8. The molecule has 0 spiro atoms. The lowest BCUT2D eigenvalue weighted by Crippen LogP contribution is -1.80. The highest BCUT2D eigenvalue weighted by atomic mass is 79.9. The molecule has 3 aromatic carbocycles. The lowest BCUT2D eigenvalue weighted by Gasteiger charge is -2.06. The van der Waals surface area contributed by atoms with Crippen LogP contribution in [-0.2, 0) is 0 Å². The van der Waals surface area contributed by atoms with Crippen LogP contribution in [-0.4, -0.2) is 0 Å². The average molecular weight is 362 g/mol. The highest BCUT2D eigenvalue weighted by Crippen LogP contribution is 2.29. The molecule has 0 amide bonds. The maximum Gasteiger partial charge on any atom is 0.0192 e. The molecule has 18 heavy (non-hydrogen) atoms. The summed E-state index contributed by atoms with van der Waals surface area (Å²) in [5.74, 6) is 0. The Morgan fingerprint density at radius 3 is 1.94 bits per heavy atom. The van der Waals surface area contributed by atoms with Crippen LogP contribution in [0.5, 0.6) is 0 Å². The minimum atomic E-state index is 1.08. The van der Waals surface area contributed by atoms with Gasteiger partial charge in [0.15, 0.2) is 0 Å². The van der Waals surface area contributed by atoms with Crippen molar-refractivity contribution in [3.63, 3.8) is 0 Å². The summed E-state index contributed by atoms with van der Waals surface area (Å²) in [4.78, 5) is 0. The van der Waals surface area contributed by atoms with E-state index in [-0.39, 0.29) is 0 Å². The monoisotopic (exact) mass is 360 g/mol. The Morgan fingerprint density at radius 2 is 1.22 bits per heavy atom. The first-order valence-electron chi connectivity index (χ1n) is 5.68. The minimum Gasteiger partial charge on any atom is -0.0616 e. The zero-order chi connectivity index (χ0) is 12.5. The standard InChI is InChI=1S/C16H10Br2/c17-15-8-14(9-16(18)10-15)13-6-5-11-3-1-2-4-12(11)7-13/h1-10H. The SMILES string of the molecule is Brc1cc(Br)cc(-c2ccc3ccccc3c2)c1. The van der Waals surface area contributed by atoms with E-state index < -0.39 is 0 Å². The zero-order valence-electron chi connectivity index (χ0n) is 9.53. The van der Waals surface area contributed by atoms with Gasteiger partial charge in [-0.15, -0.1) is 0 Å². The maximum atomic E-state index is 3.53. The fraction of sp³-hybridized carbons (Fsp3) is 0. The number of halogens is 2. The third-order valence-electron chi connectivity index (χ3n) is 2.95. The van der Waals surface area contributed by atoms with Crippen molar-refractivity contribution in [1.29, 1.82) is 0 Å². The number of rotatable bonds is 1. The van der Waals surface area contributed by atoms with E-state index in [1.165, 1.54) is 21.9 Å². The molecule has 0 nitrogen and oxygen atoms in total. The lowest BCUT2D eigenvalue weighted by atomic mass is 10.0. The van der Waals surface area contributed by atoms with Crippen molar-refractivity contribution in [2.45, 2.75) is 0 Å². The van der Waals surface area contributed by atoms with Gasteiger partial charge in [-0.1, -0.05) is 68.3 Å². The van der Waals surface area contributed by atoms with Gasteiger partial charge in [0.05, 0.1) is 0 Å². The second kappa shape index (κ2) is 4.87. The second-order valence-electron chi connectivity index (χ2n) is 4.22. The van der Waals surface area contributed by atoms with Gasteiger partial charge in [0.1, 0.15) is 0 Å². The molecule has 0 aromatic heterocycles. The summed E-state index contributed by atoms with van der Waals surface area (Å²) < 4.78 is 2.17. The van der Waals surface area contributed by atoms with Crippen molar-refractivity contribution in [3.05, 3.63) is 69.6 Å². The Labute approximate surface area is 123 Å². The molecule has 0 saturated heterocycles. The lowest BCUT2D eigenvalue weighted by molar-refractivity contribution is 1.57. The van der Waals surface area contributed by atoms with Crippen molar-refractivity contribution >= 4 is 42.6 Å². The van der Waals surface area contributed by atoms with Crippen molar-refractivity contribution in [2.24, 2.45) is 0 Å². The van der Waals surface area contributed by atoms with Gasteiger partial charge >= 0.3 is 0 Å². The fourth-order valence-corrected chi connectivity index (χ4v) is 3.38. The molecule has 0 N–H and O–H groups in total. The molecule has 0 bridgehead atoms. The van der Waals surface area contributed by atoms with Gasteiger partial charge in [-0.05, 0) is 46.2 Å². The molecule has 0 aliphatic rings. The first-order valence-corrected chi connectivity index (χ1v) is 7.26. The summed E-state index contributed by atoms with van der Waals surface area (Å²) in [7, 11) is 0. The van der Waals surface area contributed by atoms with E-state index in [4.69, 9.17) is 0 Å². The van der Waals surface area contributed by atoms with E-state index in [0.717, 1.165) is 8.95 Å². The van der Waals surface area contributed by atoms with E-state index in [1.54, 1.807) is 0 Å². The molecule has 0 aliphatic heterocycles. The molecule has 88 valence electrons. The molecule has 0 fully saturated rings. The summed E-state index contributed by atoms with van der Waals surface area (Å²) in [6.07, 6.45) is 0. The average Bonchev–Trinajstić information content (AvgIpc) is 2.37. The summed E-state index contributed by atoms with van der Waals surface area (Å²) in [6.45, 7) is 0. The van der Waals surface area contributed by atoms with Gasteiger partial charge in [-0.25, -0.2) is 0 Å². The summed E-state index contributed by atoms with van der Waals surface area (Å²) >= 11 is 7.06. The van der Waals surface area contributed by atoms with Gasteiger partial charge in [-0.2, -0.15) is 0 Å². The predicted molar refractivity (Wildman–Crippen MR) is 84.8 cm³/mol. The van der Waals surface area contributed by atoms with Gasteiger partial charge < -0.3 is 0 Å². The highest BCUT2D eigenvalue weighted by Gasteiger charge is 2.02. The molecule has 3 rings (SSSR count). The Bertz CT molecular complexity index is 697. The summed E-state index contributed by atoms with van der Waals surface area (Å²) in [5.41, 5.74) is 2.44. The molecule has 3 aromatic rings. The van der Waals surface area contributed by atoms with Crippen LogP contribution in [0.3, 0.4) is 0 Å². The maximum absolute atomic E-state index is 3.53. The molecule has 0 aliphatic carbocycles. The van der Waals surface area contributed by atoms with Gasteiger partial charge in [-0.3, -0.25) is 0 Å². The van der Waals surface area contributed by atoms with E-state index in [1.807, 2.05) is 6.07 Å². The third kappa shape index (κ3) is 2.36. The van der Waals surface area contributed by atoms with Crippen LogP contribution in [0, 0.1) is 0 Å². The van der Waals surface area contributed by atoms with Gasteiger partial charge in [0, 0.05) is 8.95 Å². The number of fused-ring (bicyclic) bond motifs is 1. The van der Waals surface area contributed by atoms with Crippen LogP contribution in [0.2, 0.25) is 0 Å². The first kappa shape index (κ1) is 11.9. The van der Waals surface area contributed by atoms with Crippen LogP contribution in [0.1, 0.15) is 0 Å². The number of hydrogen-bond donors (Lipinski definition) is 0. The molecule has 0 unspecified atom stereocenters. The molecule has 0 atom stereocenters. The van der Waals surface area contributed by atoms with Crippen LogP contribution >= 0.6 is 31.9 Å². The number of hydrogen-bond acceptors (Lipinski definition) is 0. The van der Waals surface area contributed by atoms with Crippen LogP contribution in [0.4, 0.5) is 0 Å². The van der Waals surface area contributed by atoms with E-state index in [9.17, 15) is 0 Å². The van der Waals surface area contributed by atoms with Crippen molar-refractivity contribution in [3.8, 4) is 11.1 Å². The Morgan fingerprint density at radius 1 is 0.556 bits per heavy atom. The van der Waals surface area contributed by atoms with Crippen molar-refractivity contribution < 1.29 is 0 Å². The summed E-state index contributed by atoms with van der Waals surface area (Å²) in [5, 5.41) is 2.54. The second-order valence-corrected chi connectivity index (χ2v) is 6.05. The van der Waals surface area contributed by atoms with Crippen LogP contribution in [0.15, 0.2) is 69.6 Å². The molecule has 0 saturated carbocycles. The highest BCUT2D eigenvalue weighted by molar-refractivity contribution is 9.11. The smallest absolute Gasteiger partial charge is 0.0192 e. The Kier molecular flexibility index (Phi) is 3.23. The van der Waals surface area contributed by atoms with Gasteiger partial charge in [0.2, 0.25) is 0 Å². The van der Waals surface area contributed by atoms with Crippen LogP contribution < -0.4 is 0 Å². The Hall–Kier alpha value is -1.12. The van der Waals surface area contributed by atoms with E-state index >= 15 is 0 Å². The van der Waals surface area contributed by atoms with Crippen LogP contribution in [0.25, 0.3) is 21.9 Å². The quantitative estimate of drug-likeness (QED) is 0.496. The molecular weight excluding hydrogens is 352 g/mol. The van der Waals surface area contributed by atoms with Crippen molar-refractivity contribution in [1.82, 2.24) is 0 Å². The van der Waals surface area contributed by atoms with E-state index in [0.29, 0.717) is 0 Å². The minimum absolute atomic E-state index is 1.08. The first-order chi connectivity index (χ1) is 8.72. The summed E-state index contributed by atoms with van der Waals surface area (Å²) in [6, 6.07) is 21.3. The zero-order valence-corrected chi connectivity index (χ0v) is 12.7. The fourth-order valence-electron chi connectivity index (χ4n) is 2.09. The van der Waals surface area contributed by atoms with E-state index in [2.05, 4.69) is 86.5 Å². The number of benzene rings is 3. The third-order valence-corrected chi connectivity index (χ3v) is 3.86. The molecular formula is C16H10Br2.